The van der Waals surface area contributed by atoms with Crippen molar-refractivity contribution < 1.29 is 14.3 Å². The van der Waals surface area contributed by atoms with Crippen molar-refractivity contribution in [1.29, 1.82) is 0 Å². The van der Waals surface area contributed by atoms with Crippen molar-refractivity contribution >= 4 is 11.9 Å². The average molecular weight is 344 g/mol. The lowest BCUT2D eigenvalue weighted by molar-refractivity contribution is -0.140. The summed E-state index contributed by atoms with van der Waals surface area (Å²) in [5, 5.41) is 7.15. The molecule has 0 bridgehead atoms. The lowest BCUT2D eigenvalue weighted by atomic mass is 10.3. The van der Waals surface area contributed by atoms with Gasteiger partial charge in [-0.3, -0.25) is 14.5 Å². The van der Waals surface area contributed by atoms with E-state index in [4.69, 9.17) is 0 Å². The van der Waals surface area contributed by atoms with Crippen LogP contribution in [0.3, 0.4) is 0 Å². The van der Waals surface area contributed by atoms with E-state index in [1.54, 1.807) is 6.20 Å². The molecule has 25 heavy (non-hydrogen) atoms. The Labute approximate surface area is 147 Å². The number of hydrogen-bond donors (Lipinski definition) is 1. The number of carbonyl (C=O) groups is 2. The summed E-state index contributed by atoms with van der Waals surface area (Å²) < 4.78 is 6.37. The first-order chi connectivity index (χ1) is 12.1. The van der Waals surface area contributed by atoms with E-state index in [1.165, 1.54) is 7.11 Å². The Morgan fingerprint density at radius 1 is 1.28 bits per heavy atom. The Bertz CT molecular complexity index is 685. The van der Waals surface area contributed by atoms with Crippen LogP contribution in [-0.2, 0) is 20.9 Å². The maximum Gasteiger partial charge on any atom is 0.305 e. The molecule has 1 aromatic carbocycles. The minimum Gasteiger partial charge on any atom is -0.469 e. The van der Waals surface area contributed by atoms with Crippen LogP contribution in [0.5, 0.6) is 0 Å². The highest BCUT2D eigenvalue weighted by molar-refractivity contribution is 5.78. The molecule has 0 saturated carbocycles. The van der Waals surface area contributed by atoms with Crippen LogP contribution in [0.25, 0.3) is 5.69 Å². The van der Waals surface area contributed by atoms with Crippen LogP contribution in [0.1, 0.15) is 18.4 Å². The van der Waals surface area contributed by atoms with Gasteiger partial charge in [0.15, 0.2) is 0 Å². The Morgan fingerprint density at radius 3 is 2.76 bits per heavy atom. The number of methoxy groups -OCH3 is 1. The molecular weight excluding hydrogens is 320 g/mol. The fourth-order valence-electron chi connectivity index (χ4n) is 2.39. The standard InChI is InChI=1S/C18H24N4O3/c1-21(14-17(23)19-10-6-9-18(24)25-2)12-15-11-20-22(13-15)16-7-4-3-5-8-16/h3-5,7-8,11,13H,6,9-10,12,14H2,1-2H3,(H,19,23). The monoisotopic (exact) mass is 344 g/mol. The van der Waals surface area contributed by atoms with Crippen LogP contribution < -0.4 is 5.32 Å². The largest absolute Gasteiger partial charge is 0.469 e. The van der Waals surface area contributed by atoms with Gasteiger partial charge < -0.3 is 10.1 Å². The van der Waals surface area contributed by atoms with E-state index in [0.29, 0.717) is 25.9 Å². The van der Waals surface area contributed by atoms with Gasteiger partial charge in [-0.2, -0.15) is 5.10 Å². The highest BCUT2D eigenvalue weighted by atomic mass is 16.5. The van der Waals surface area contributed by atoms with Crippen molar-refractivity contribution in [2.75, 3.05) is 27.2 Å². The molecule has 1 heterocycles. The number of nitrogens with zero attached hydrogens (tertiary/aromatic N) is 3. The van der Waals surface area contributed by atoms with Gasteiger partial charge in [-0.25, -0.2) is 4.68 Å². The SMILES string of the molecule is COC(=O)CCCNC(=O)CN(C)Cc1cnn(-c2ccccc2)c1. The van der Waals surface area contributed by atoms with E-state index in [9.17, 15) is 9.59 Å². The molecular formula is C18H24N4O3. The van der Waals surface area contributed by atoms with Crippen molar-refractivity contribution in [3.63, 3.8) is 0 Å². The van der Waals surface area contributed by atoms with Gasteiger partial charge in [-0.15, -0.1) is 0 Å². The third kappa shape index (κ3) is 6.39. The Morgan fingerprint density at radius 2 is 2.04 bits per heavy atom. The van der Waals surface area contributed by atoms with Crippen LogP contribution in [-0.4, -0.2) is 53.8 Å². The summed E-state index contributed by atoms with van der Waals surface area (Å²) in [5.41, 5.74) is 2.03. The third-order valence-corrected chi connectivity index (χ3v) is 3.63. The highest BCUT2D eigenvalue weighted by Crippen LogP contribution is 2.08. The number of ether oxygens (including phenoxy) is 1. The molecule has 0 aliphatic heterocycles. The van der Waals surface area contributed by atoms with Gasteiger partial charge in [0.1, 0.15) is 0 Å². The first-order valence-corrected chi connectivity index (χ1v) is 8.19. The predicted molar refractivity (Wildman–Crippen MR) is 94.2 cm³/mol. The van der Waals surface area contributed by atoms with Crippen LogP contribution in [0.2, 0.25) is 0 Å². The highest BCUT2D eigenvalue weighted by Gasteiger charge is 2.09. The molecule has 2 rings (SSSR count). The number of esters is 1. The van der Waals surface area contributed by atoms with Crippen LogP contribution in [0.4, 0.5) is 0 Å². The van der Waals surface area contributed by atoms with Crippen molar-refractivity contribution in [3.8, 4) is 5.69 Å². The predicted octanol–water partition coefficient (Wildman–Crippen LogP) is 1.37. The van der Waals surface area contributed by atoms with Gasteiger partial charge in [0, 0.05) is 31.3 Å². The molecule has 0 atom stereocenters. The molecule has 0 unspecified atom stereocenters. The maximum atomic E-state index is 11.9. The first-order valence-electron chi connectivity index (χ1n) is 8.19. The molecule has 2 aromatic rings. The summed E-state index contributed by atoms with van der Waals surface area (Å²) in [4.78, 5) is 24.8. The zero-order valence-corrected chi connectivity index (χ0v) is 14.6. The second-order valence-corrected chi connectivity index (χ2v) is 5.83. The lowest BCUT2D eigenvalue weighted by Crippen LogP contribution is -2.35. The van der Waals surface area contributed by atoms with Crippen molar-refractivity contribution in [2.24, 2.45) is 0 Å². The van der Waals surface area contributed by atoms with E-state index in [1.807, 2.05) is 53.2 Å². The Hall–Kier alpha value is -2.67. The molecule has 0 spiro atoms. The van der Waals surface area contributed by atoms with Gasteiger partial charge in [0.2, 0.25) is 5.91 Å². The Balaban J connectivity index is 1.73. The zero-order valence-electron chi connectivity index (χ0n) is 14.6. The van der Waals surface area contributed by atoms with E-state index >= 15 is 0 Å². The van der Waals surface area contributed by atoms with Crippen molar-refractivity contribution in [2.45, 2.75) is 19.4 Å². The van der Waals surface area contributed by atoms with Gasteiger partial charge >= 0.3 is 5.97 Å². The molecule has 1 amide bonds. The molecule has 0 saturated heterocycles. The van der Waals surface area contributed by atoms with E-state index < -0.39 is 0 Å². The minimum atomic E-state index is -0.262. The van der Waals surface area contributed by atoms with Crippen LogP contribution in [0, 0.1) is 0 Å². The molecule has 134 valence electrons. The smallest absolute Gasteiger partial charge is 0.305 e. The fourth-order valence-corrected chi connectivity index (χ4v) is 2.39. The number of rotatable bonds is 9. The minimum absolute atomic E-state index is 0.0668. The summed E-state index contributed by atoms with van der Waals surface area (Å²) in [6.45, 7) is 1.38. The second-order valence-electron chi connectivity index (χ2n) is 5.83. The number of nitrogens with one attached hydrogen (secondary N) is 1. The van der Waals surface area contributed by atoms with Gasteiger partial charge in [0.05, 0.1) is 25.5 Å². The van der Waals surface area contributed by atoms with E-state index in [2.05, 4.69) is 15.2 Å². The summed E-state index contributed by atoms with van der Waals surface area (Å²) in [6, 6.07) is 9.87. The zero-order chi connectivity index (χ0) is 18.1. The number of carbonyl (C=O) groups excluding carboxylic acids is 2. The van der Waals surface area contributed by atoms with Gasteiger partial charge in [-0.1, -0.05) is 18.2 Å². The summed E-state index contributed by atoms with van der Waals surface area (Å²) in [6.07, 6.45) is 4.65. The molecule has 7 nitrogen and oxygen atoms in total. The molecule has 1 N–H and O–H groups in total. The lowest BCUT2D eigenvalue weighted by Gasteiger charge is -2.15. The third-order valence-electron chi connectivity index (χ3n) is 3.63. The first kappa shape index (κ1) is 18.7. The Kier molecular flexibility index (Phi) is 7.16. The number of aromatic nitrogens is 2. The van der Waals surface area contributed by atoms with Crippen LogP contribution in [0.15, 0.2) is 42.7 Å². The summed E-state index contributed by atoms with van der Waals surface area (Å²) in [7, 11) is 3.24. The van der Waals surface area contributed by atoms with Crippen molar-refractivity contribution in [1.82, 2.24) is 20.0 Å². The summed E-state index contributed by atoms with van der Waals surface area (Å²) >= 11 is 0. The number of likely N-dealkylation sites (N-methyl/N-ethyl adjacent to an activating group) is 1. The van der Waals surface area contributed by atoms with Gasteiger partial charge in [0.25, 0.3) is 0 Å². The number of para-hydroxylation sites is 1. The normalized spacial score (nSPS) is 10.7. The second kappa shape index (κ2) is 9.58. The fraction of sp³-hybridized carbons (Fsp3) is 0.389. The average Bonchev–Trinajstić information content (AvgIpc) is 3.07. The molecule has 1 aromatic heterocycles. The molecule has 0 aliphatic rings. The van der Waals surface area contributed by atoms with Crippen molar-refractivity contribution in [3.05, 3.63) is 48.3 Å². The molecule has 0 aliphatic carbocycles. The molecule has 0 fully saturated rings. The van der Waals surface area contributed by atoms with Gasteiger partial charge in [-0.05, 0) is 25.6 Å². The number of hydrogen-bond acceptors (Lipinski definition) is 5. The van der Waals surface area contributed by atoms with E-state index in [0.717, 1.165) is 11.3 Å². The molecule has 0 radical (unpaired) electrons. The van der Waals surface area contributed by atoms with E-state index in [-0.39, 0.29) is 18.4 Å². The molecule has 7 heteroatoms. The maximum absolute atomic E-state index is 11.9. The van der Waals surface area contributed by atoms with Crippen LogP contribution >= 0.6 is 0 Å². The summed E-state index contributed by atoms with van der Waals surface area (Å²) in [5.74, 6) is -0.329. The number of benzene rings is 1. The quantitative estimate of drug-likeness (QED) is 0.549. The topological polar surface area (TPSA) is 76.5 Å². The number of amides is 1.